The molecule has 0 bridgehead atoms. The molecular formula is C13H10BrFO. The molecule has 82 valence electrons. The molecule has 0 heterocycles. The minimum Gasteiger partial charge on any atom is -0.392 e. The third-order valence-electron chi connectivity index (χ3n) is 2.39. The highest BCUT2D eigenvalue weighted by Crippen LogP contribution is 2.23. The molecule has 0 unspecified atom stereocenters. The first kappa shape index (κ1) is 11.3. The molecule has 3 heteroatoms. The molecule has 0 fully saturated rings. The maximum absolute atomic E-state index is 13.2. The molecule has 0 saturated heterocycles. The SMILES string of the molecule is OCc1cc(-c2ccc(Br)cc2)ccc1F. The van der Waals surface area contributed by atoms with Crippen molar-refractivity contribution in [1.82, 2.24) is 0 Å². The first-order valence-corrected chi connectivity index (χ1v) is 5.65. The molecule has 0 atom stereocenters. The Kier molecular flexibility index (Phi) is 3.36. The fraction of sp³-hybridized carbons (Fsp3) is 0.0769. The smallest absolute Gasteiger partial charge is 0.128 e. The average Bonchev–Trinajstić information content (AvgIpc) is 2.31. The highest BCUT2D eigenvalue weighted by Gasteiger charge is 2.04. The lowest BCUT2D eigenvalue weighted by Gasteiger charge is -2.05. The minimum atomic E-state index is -0.372. The van der Waals surface area contributed by atoms with Crippen LogP contribution in [0.5, 0.6) is 0 Å². The second-order valence-corrected chi connectivity index (χ2v) is 4.39. The Morgan fingerprint density at radius 3 is 2.25 bits per heavy atom. The van der Waals surface area contributed by atoms with E-state index in [9.17, 15) is 4.39 Å². The highest BCUT2D eigenvalue weighted by atomic mass is 79.9. The van der Waals surface area contributed by atoms with Crippen molar-refractivity contribution in [3.05, 3.63) is 58.3 Å². The van der Waals surface area contributed by atoms with Gasteiger partial charge in [-0.2, -0.15) is 0 Å². The Balaban J connectivity index is 2.44. The van der Waals surface area contributed by atoms with Gasteiger partial charge in [-0.3, -0.25) is 0 Å². The van der Waals surface area contributed by atoms with Crippen LogP contribution < -0.4 is 0 Å². The molecule has 0 aliphatic carbocycles. The predicted molar refractivity (Wildman–Crippen MR) is 65.5 cm³/mol. The fourth-order valence-electron chi connectivity index (χ4n) is 1.52. The summed E-state index contributed by atoms with van der Waals surface area (Å²) in [5, 5.41) is 8.99. The Bertz CT molecular complexity index is 494. The largest absolute Gasteiger partial charge is 0.392 e. The van der Waals surface area contributed by atoms with Crippen molar-refractivity contribution in [3.8, 4) is 11.1 Å². The van der Waals surface area contributed by atoms with Crippen LogP contribution in [0.2, 0.25) is 0 Å². The van der Waals surface area contributed by atoms with E-state index in [-0.39, 0.29) is 12.4 Å². The molecule has 2 aromatic carbocycles. The van der Waals surface area contributed by atoms with E-state index in [0.29, 0.717) is 5.56 Å². The normalized spacial score (nSPS) is 10.4. The molecule has 1 nitrogen and oxygen atoms in total. The number of hydrogen-bond acceptors (Lipinski definition) is 1. The van der Waals surface area contributed by atoms with Gasteiger partial charge in [-0.25, -0.2) is 4.39 Å². The summed E-state index contributed by atoms with van der Waals surface area (Å²) in [7, 11) is 0. The van der Waals surface area contributed by atoms with Gasteiger partial charge in [0.15, 0.2) is 0 Å². The summed E-state index contributed by atoms with van der Waals surface area (Å²) in [6, 6.07) is 12.5. The molecule has 0 aliphatic rings. The van der Waals surface area contributed by atoms with Crippen LogP contribution >= 0.6 is 15.9 Å². The van der Waals surface area contributed by atoms with Gasteiger partial charge in [0.1, 0.15) is 5.82 Å². The lowest BCUT2D eigenvalue weighted by Crippen LogP contribution is -1.90. The molecule has 0 spiro atoms. The Hall–Kier alpha value is -1.19. The molecule has 0 amide bonds. The van der Waals surface area contributed by atoms with Crippen LogP contribution in [0.15, 0.2) is 46.9 Å². The van der Waals surface area contributed by atoms with Crippen molar-refractivity contribution >= 4 is 15.9 Å². The summed E-state index contributed by atoms with van der Waals surface area (Å²) in [6.07, 6.45) is 0. The van der Waals surface area contributed by atoms with Gasteiger partial charge in [0.05, 0.1) is 6.61 Å². The van der Waals surface area contributed by atoms with E-state index in [2.05, 4.69) is 15.9 Å². The molecule has 2 rings (SSSR count). The minimum absolute atomic E-state index is 0.282. The van der Waals surface area contributed by atoms with E-state index in [1.807, 2.05) is 24.3 Å². The van der Waals surface area contributed by atoms with Crippen molar-refractivity contribution < 1.29 is 9.50 Å². The van der Waals surface area contributed by atoms with Crippen LogP contribution in [-0.2, 0) is 6.61 Å². The average molecular weight is 281 g/mol. The van der Waals surface area contributed by atoms with Crippen LogP contribution in [0.3, 0.4) is 0 Å². The second-order valence-electron chi connectivity index (χ2n) is 3.47. The summed E-state index contributed by atoms with van der Waals surface area (Å²) < 4.78 is 14.2. The summed E-state index contributed by atoms with van der Waals surface area (Å²) >= 11 is 3.36. The number of hydrogen-bond donors (Lipinski definition) is 1. The maximum atomic E-state index is 13.2. The van der Waals surface area contributed by atoms with E-state index in [1.54, 1.807) is 12.1 Å². The van der Waals surface area contributed by atoms with E-state index < -0.39 is 0 Å². The van der Waals surface area contributed by atoms with Crippen LogP contribution in [-0.4, -0.2) is 5.11 Å². The van der Waals surface area contributed by atoms with Crippen LogP contribution in [0.1, 0.15) is 5.56 Å². The van der Waals surface area contributed by atoms with Gasteiger partial charge in [0, 0.05) is 10.0 Å². The molecular weight excluding hydrogens is 271 g/mol. The molecule has 1 N–H and O–H groups in total. The Labute approximate surface area is 102 Å². The number of halogens is 2. The zero-order chi connectivity index (χ0) is 11.5. The standard InChI is InChI=1S/C13H10BrFO/c14-12-4-1-9(2-5-12)10-3-6-13(15)11(7-10)8-16/h1-7,16H,8H2. The Morgan fingerprint density at radius 2 is 1.62 bits per heavy atom. The van der Waals surface area contributed by atoms with Gasteiger partial charge in [-0.15, -0.1) is 0 Å². The first-order chi connectivity index (χ1) is 7.70. The van der Waals surface area contributed by atoms with Crippen LogP contribution in [0.25, 0.3) is 11.1 Å². The van der Waals surface area contributed by atoms with Crippen molar-refractivity contribution in [2.75, 3.05) is 0 Å². The number of rotatable bonds is 2. The van der Waals surface area contributed by atoms with Crippen molar-refractivity contribution in [3.63, 3.8) is 0 Å². The van der Waals surface area contributed by atoms with Gasteiger partial charge in [-0.05, 0) is 35.4 Å². The molecule has 0 aliphatic heterocycles. The number of aliphatic hydroxyl groups is 1. The van der Waals surface area contributed by atoms with E-state index >= 15 is 0 Å². The van der Waals surface area contributed by atoms with E-state index in [4.69, 9.17) is 5.11 Å². The highest BCUT2D eigenvalue weighted by molar-refractivity contribution is 9.10. The van der Waals surface area contributed by atoms with E-state index in [1.165, 1.54) is 6.07 Å². The van der Waals surface area contributed by atoms with Crippen molar-refractivity contribution in [2.24, 2.45) is 0 Å². The van der Waals surface area contributed by atoms with Gasteiger partial charge in [-0.1, -0.05) is 34.1 Å². The quantitative estimate of drug-likeness (QED) is 0.888. The monoisotopic (exact) mass is 280 g/mol. The summed E-state index contributed by atoms with van der Waals surface area (Å²) in [5.74, 6) is -0.372. The third kappa shape index (κ3) is 2.31. The number of benzene rings is 2. The van der Waals surface area contributed by atoms with Crippen LogP contribution in [0.4, 0.5) is 4.39 Å². The van der Waals surface area contributed by atoms with Gasteiger partial charge < -0.3 is 5.11 Å². The lowest BCUT2D eigenvalue weighted by molar-refractivity contribution is 0.276. The van der Waals surface area contributed by atoms with Crippen molar-refractivity contribution in [2.45, 2.75) is 6.61 Å². The summed E-state index contributed by atoms with van der Waals surface area (Å²) in [4.78, 5) is 0. The molecule has 2 aromatic rings. The lowest BCUT2D eigenvalue weighted by atomic mass is 10.0. The molecule has 0 radical (unpaired) electrons. The first-order valence-electron chi connectivity index (χ1n) is 4.86. The molecule has 0 saturated carbocycles. The van der Waals surface area contributed by atoms with Crippen LogP contribution in [0, 0.1) is 5.82 Å². The second kappa shape index (κ2) is 4.76. The maximum Gasteiger partial charge on any atom is 0.128 e. The van der Waals surface area contributed by atoms with Crippen molar-refractivity contribution in [1.29, 1.82) is 0 Å². The van der Waals surface area contributed by atoms with E-state index in [0.717, 1.165) is 15.6 Å². The summed E-state index contributed by atoms with van der Waals surface area (Å²) in [6.45, 7) is -0.282. The fourth-order valence-corrected chi connectivity index (χ4v) is 1.78. The third-order valence-corrected chi connectivity index (χ3v) is 2.92. The number of aliphatic hydroxyl groups excluding tert-OH is 1. The Morgan fingerprint density at radius 1 is 1.00 bits per heavy atom. The summed E-state index contributed by atoms with van der Waals surface area (Å²) in [5.41, 5.74) is 2.22. The van der Waals surface area contributed by atoms with Gasteiger partial charge in [0.25, 0.3) is 0 Å². The predicted octanol–water partition coefficient (Wildman–Crippen LogP) is 3.75. The molecule has 0 aromatic heterocycles. The topological polar surface area (TPSA) is 20.2 Å². The zero-order valence-electron chi connectivity index (χ0n) is 8.45. The molecule has 16 heavy (non-hydrogen) atoms. The van der Waals surface area contributed by atoms with Gasteiger partial charge >= 0.3 is 0 Å². The zero-order valence-corrected chi connectivity index (χ0v) is 10.0. The van der Waals surface area contributed by atoms with Gasteiger partial charge in [0.2, 0.25) is 0 Å².